The van der Waals surface area contributed by atoms with E-state index in [1.165, 1.54) is 36.0 Å². The number of hydrogen-bond donors (Lipinski definition) is 7. The fourth-order valence-electron chi connectivity index (χ4n) is 4.43. The first-order valence-corrected chi connectivity index (χ1v) is 15.4. The Morgan fingerprint density at radius 3 is 1.57 bits per heavy atom. The number of thioether (sulfide) groups is 1. The third-order valence-corrected chi connectivity index (χ3v) is 7.52. The van der Waals surface area contributed by atoms with Crippen LogP contribution in [0.2, 0.25) is 0 Å². The summed E-state index contributed by atoms with van der Waals surface area (Å²) in [5.74, 6) is -2.53. The number of nitrogens with one attached hydrogen (secondary N) is 3. The second-order valence-corrected chi connectivity index (χ2v) is 11.3. The Balaban J connectivity index is 1.82. The molecular formula is C32H38N4O7S. The lowest BCUT2D eigenvalue weighted by Crippen LogP contribution is -2.58. The summed E-state index contributed by atoms with van der Waals surface area (Å²) in [4.78, 5) is 52.1. The van der Waals surface area contributed by atoms with E-state index in [0.717, 1.165) is 11.1 Å². The van der Waals surface area contributed by atoms with Crippen LogP contribution in [0.25, 0.3) is 0 Å². The van der Waals surface area contributed by atoms with Gasteiger partial charge in [0.15, 0.2) is 0 Å². The van der Waals surface area contributed by atoms with Gasteiger partial charge in [-0.1, -0.05) is 54.6 Å². The van der Waals surface area contributed by atoms with Crippen molar-refractivity contribution in [1.29, 1.82) is 0 Å². The number of aliphatic carboxylic acids is 1. The zero-order chi connectivity index (χ0) is 32.1. The molecule has 0 aliphatic heterocycles. The first-order valence-electron chi connectivity index (χ1n) is 14.0. The lowest BCUT2D eigenvalue weighted by Gasteiger charge is -2.25. The minimum absolute atomic E-state index is 0.000903. The zero-order valence-electron chi connectivity index (χ0n) is 24.3. The Morgan fingerprint density at radius 1 is 0.659 bits per heavy atom. The summed E-state index contributed by atoms with van der Waals surface area (Å²) in [7, 11) is 0. The molecule has 0 aliphatic carbocycles. The predicted octanol–water partition coefficient (Wildman–Crippen LogP) is 1.75. The van der Waals surface area contributed by atoms with E-state index >= 15 is 0 Å². The van der Waals surface area contributed by atoms with Crippen LogP contribution in [-0.2, 0) is 38.4 Å². The van der Waals surface area contributed by atoms with Gasteiger partial charge >= 0.3 is 5.97 Å². The topological polar surface area (TPSA) is 191 Å². The van der Waals surface area contributed by atoms with Crippen molar-refractivity contribution < 1.29 is 34.5 Å². The zero-order valence-corrected chi connectivity index (χ0v) is 25.1. The number of carbonyl (C=O) groups excluding carboxylic acids is 3. The largest absolute Gasteiger partial charge is 0.508 e. The number of phenolic OH excluding ortho intramolecular Hbond substituents is 2. The highest BCUT2D eigenvalue weighted by Gasteiger charge is 2.30. The number of phenols is 2. The van der Waals surface area contributed by atoms with Crippen LogP contribution in [0, 0.1) is 0 Å². The Labute approximate surface area is 260 Å². The smallest absolute Gasteiger partial charge is 0.326 e. The molecule has 8 N–H and O–H groups in total. The molecule has 0 saturated carbocycles. The molecule has 3 aromatic rings. The van der Waals surface area contributed by atoms with Crippen LogP contribution in [0.1, 0.15) is 23.1 Å². The number of nitrogens with two attached hydrogens (primary N) is 1. The SMILES string of the molecule is CSCCC(NC(=O)C(Cc1ccc(O)cc1)NC(=O)C(Cc1ccccc1)NC(=O)C(N)Cc1ccc(O)cc1)C(=O)O. The summed E-state index contributed by atoms with van der Waals surface area (Å²) >= 11 is 1.44. The van der Waals surface area contributed by atoms with Gasteiger partial charge in [-0.15, -0.1) is 0 Å². The maximum absolute atomic E-state index is 13.7. The average Bonchev–Trinajstić information content (AvgIpc) is 3.00. The molecule has 0 spiro atoms. The molecule has 0 radical (unpaired) electrons. The molecule has 12 heteroatoms. The highest BCUT2D eigenvalue weighted by molar-refractivity contribution is 7.98. The van der Waals surface area contributed by atoms with Crippen LogP contribution in [0.3, 0.4) is 0 Å². The summed E-state index contributed by atoms with van der Waals surface area (Å²) in [6.07, 6.45) is 2.27. The molecule has 3 rings (SSSR count). The molecule has 0 fully saturated rings. The first-order chi connectivity index (χ1) is 21.0. The van der Waals surface area contributed by atoms with Crippen molar-refractivity contribution in [3.63, 3.8) is 0 Å². The van der Waals surface area contributed by atoms with Gasteiger partial charge in [-0.05, 0) is 65.8 Å². The number of hydrogen-bond acceptors (Lipinski definition) is 8. The molecule has 0 heterocycles. The lowest BCUT2D eigenvalue weighted by molar-refractivity contribution is -0.142. The monoisotopic (exact) mass is 622 g/mol. The second-order valence-electron chi connectivity index (χ2n) is 10.3. The molecule has 0 bridgehead atoms. The third-order valence-electron chi connectivity index (χ3n) is 6.88. The molecule has 4 atom stereocenters. The molecule has 3 amide bonds. The summed E-state index contributed by atoms with van der Waals surface area (Å²) in [5, 5.41) is 36.8. The van der Waals surface area contributed by atoms with Crippen molar-refractivity contribution in [2.75, 3.05) is 12.0 Å². The maximum Gasteiger partial charge on any atom is 0.326 e. The third kappa shape index (κ3) is 10.9. The Bertz CT molecular complexity index is 1390. The second kappa shape index (κ2) is 16.9. The van der Waals surface area contributed by atoms with Gasteiger partial charge in [0.1, 0.15) is 29.6 Å². The van der Waals surface area contributed by atoms with Crippen LogP contribution in [0.4, 0.5) is 0 Å². The van der Waals surface area contributed by atoms with E-state index in [1.54, 1.807) is 48.5 Å². The van der Waals surface area contributed by atoms with Crippen molar-refractivity contribution in [3.05, 3.63) is 95.6 Å². The average molecular weight is 623 g/mol. The Hall–Kier alpha value is -4.55. The normalized spacial score (nSPS) is 13.6. The number of carbonyl (C=O) groups is 4. The standard InChI is InChI=1S/C32H38N4O7S/c1-44-16-15-26(32(42)43)34-30(40)28(19-22-9-13-24(38)14-10-22)36-31(41)27(18-20-5-3-2-4-6-20)35-29(39)25(33)17-21-7-11-23(37)12-8-21/h2-14,25-28,37-38H,15-19,33H2,1H3,(H,34,40)(H,35,39)(H,36,41)(H,42,43). The van der Waals surface area contributed by atoms with E-state index in [2.05, 4.69) is 16.0 Å². The van der Waals surface area contributed by atoms with Gasteiger partial charge in [-0.2, -0.15) is 11.8 Å². The maximum atomic E-state index is 13.7. The van der Waals surface area contributed by atoms with Gasteiger partial charge in [0.2, 0.25) is 17.7 Å². The highest BCUT2D eigenvalue weighted by Crippen LogP contribution is 2.14. The van der Waals surface area contributed by atoms with Gasteiger partial charge in [0.05, 0.1) is 6.04 Å². The number of amides is 3. The minimum Gasteiger partial charge on any atom is -0.508 e. The van der Waals surface area contributed by atoms with E-state index in [-0.39, 0.29) is 37.2 Å². The van der Waals surface area contributed by atoms with Crippen LogP contribution in [-0.4, -0.2) is 75.2 Å². The summed E-state index contributed by atoms with van der Waals surface area (Å²) in [6.45, 7) is 0. The molecule has 3 aromatic carbocycles. The quantitative estimate of drug-likeness (QED) is 0.125. The van der Waals surface area contributed by atoms with Crippen LogP contribution < -0.4 is 21.7 Å². The number of carboxylic acids is 1. The first kappa shape index (κ1) is 33.9. The highest BCUT2D eigenvalue weighted by atomic mass is 32.2. The Kier molecular flexibility index (Phi) is 13.1. The molecule has 44 heavy (non-hydrogen) atoms. The minimum atomic E-state index is -1.20. The number of aromatic hydroxyl groups is 2. The van der Waals surface area contributed by atoms with Crippen molar-refractivity contribution in [3.8, 4) is 11.5 Å². The molecule has 0 saturated heterocycles. The molecule has 0 aliphatic rings. The van der Waals surface area contributed by atoms with Crippen molar-refractivity contribution in [2.24, 2.45) is 5.73 Å². The van der Waals surface area contributed by atoms with E-state index in [9.17, 15) is 34.5 Å². The van der Waals surface area contributed by atoms with E-state index in [0.29, 0.717) is 11.3 Å². The van der Waals surface area contributed by atoms with Gasteiger partial charge in [0, 0.05) is 12.8 Å². The van der Waals surface area contributed by atoms with E-state index in [4.69, 9.17) is 5.73 Å². The van der Waals surface area contributed by atoms with E-state index in [1.807, 2.05) is 12.3 Å². The lowest BCUT2D eigenvalue weighted by atomic mass is 10.0. The molecular weight excluding hydrogens is 584 g/mol. The molecule has 234 valence electrons. The van der Waals surface area contributed by atoms with Gasteiger partial charge in [-0.25, -0.2) is 4.79 Å². The van der Waals surface area contributed by atoms with Crippen molar-refractivity contribution in [1.82, 2.24) is 16.0 Å². The summed E-state index contributed by atoms with van der Waals surface area (Å²) in [6, 6.07) is 16.9. The van der Waals surface area contributed by atoms with Gasteiger partial charge < -0.3 is 37.0 Å². The van der Waals surface area contributed by atoms with Crippen LogP contribution >= 0.6 is 11.8 Å². The summed E-state index contributed by atoms with van der Waals surface area (Å²) in [5.41, 5.74) is 8.25. The van der Waals surface area contributed by atoms with Crippen molar-refractivity contribution in [2.45, 2.75) is 49.9 Å². The van der Waals surface area contributed by atoms with Crippen LogP contribution in [0.15, 0.2) is 78.9 Å². The Morgan fingerprint density at radius 2 is 1.09 bits per heavy atom. The fraction of sp³-hybridized carbons (Fsp3) is 0.312. The van der Waals surface area contributed by atoms with Gasteiger partial charge in [-0.3, -0.25) is 14.4 Å². The number of carboxylic acid groups (broad SMARTS) is 1. The molecule has 0 aromatic heterocycles. The fourth-order valence-corrected chi connectivity index (χ4v) is 4.90. The molecule has 11 nitrogen and oxygen atoms in total. The number of benzene rings is 3. The van der Waals surface area contributed by atoms with Gasteiger partial charge in [0.25, 0.3) is 0 Å². The van der Waals surface area contributed by atoms with Crippen molar-refractivity contribution >= 4 is 35.5 Å². The van der Waals surface area contributed by atoms with E-state index < -0.39 is 47.9 Å². The predicted molar refractivity (Wildman–Crippen MR) is 168 cm³/mol. The molecule has 4 unspecified atom stereocenters. The van der Waals surface area contributed by atoms with Crippen LogP contribution in [0.5, 0.6) is 11.5 Å². The summed E-state index contributed by atoms with van der Waals surface area (Å²) < 4.78 is 0. The number of rotatable bonds is 16.